The standard InChI is InChI=1S/C19H27N3O2.ClH/c1-14(23)22-12-17(8-9-18(20)13-22)19(24)21-10-4-7-15-5-2-3-6-16(15)11-21;/h2-3,5-6,17-18H,4,7-13,20H2,1H3;1H/t17-,18+;/m1./s1. The Bertz CT molecular complexity index is 622. The predicted molar refractivity (Wildman–Crippen MR) is 100 cm³/mol. The van der Waals surface area contributed by atoms with Gasteiger partial charge in [0.15, 0.2) is 0 Å². The lowest BCUT2D eigenvalue weighted by Gasteiger charge is -2.28. The van der Waals surface area contributed by atoms with E-state index < -0.39 is 0 Å². The molecular formula is C19H28ClN3O2. The lowest BCUT2D eigenvalue weighted by Crippen LogP contribution is -2.43. The molecule has 0 spiro atoms. The molecule has 1 aromatic rings. The van der Waals surface area contributed by atoms with Crippen molar-refractivity contribution in [2.24, 2.45) is 11.7 Å². The van der Waals surface area contributed by atoms with Crippen LogP contribution in [0.5, 0.6) is 0 Å². The molecule has 0 aliphatic carbocycles. The number of fused-ring (bicyclic) bond motifs is 1. The molecule has 2 aliphatic rings. The van der Waals surface area contributed by atoms with Crippen molar-refractivity contribution in [3.63, 3.8) is 0 Å². The Morgan fingerprint density at radius 3 is 2.52 bits per heavy atom. The highest BCUT2D eigenvalue weighted by atomic mass is 35.5. The van der Waals surface area contributed by atoms with Gasteiger partial charge in [0.1, 0.15) is 0 Å². The summed E-state index contributed by atoms with van der Waals surface area (Å²) < 4.78 is 0. The highest BCUT2D eigenvalue weighted by Gasteiger charge is 2.31. The van der Waals surface area contributed by atoms with Crippen molar-refractivity contribution in [2.45, 2.75) is 45.2 Å². The van der Waals surface area contributed by atoms with Gasteiger partial charge in [-0.25, -0.2) is 0 Å². The zero-order valence-electron chi connectivity index (χ0n) is 14.8. The van der Waals surface area contributed by atoms with E-state index in [0.29, 0.717) is 19.6 Å². The van der Waals surface area contributed by atoms with Crippen LogP contribution in [0.1, 0.15) is 37.3 Å². The van der Waals surface area contributed by atoms with Crippen molar-refractivity contribution < 1.29 is 9.59 Å². The smallest absolute Gasteiger partial charge is 0.227 e. The molecule has 0 aromatic heterocycles. The lowest BCUT2D eigenvalue weighted by atomic mass is 10.00. The van der Waals surface area contributed by atoms with Gasteiger partial charge >= 0.3 is 0 Å². The maximum atomic E-state index is 13.1. The molecule has 0 radical (unpaired) electrons. The van der Waals surface area contributed by atoms with Gasteiger partial charge in [-0.3, -0.25) is 9.59 Å². The highest BCUT2D eigenvalue weighted by Crippen LogP contribution is 2.23. The van der Waals surface area contributed by atoms with Gasteiger partial charge in [0.25, 0.3) is 0 Å². The first-order valence-corrected chi connectivity index (χ1v) is 8.91. The topological polar surface area (TPSA) is 66.6 Å². The van der Waals surface area contributed by atoms with Gasteiger partial charge < -0.3 is 15.5 Å². The Labute approximate surface area is 155 Å². The molecule has 138 valence electrons. The molecule has 2 atom stereocenters. The summed E-state index contributed by atoms with van der Waals surface area (Å²) in [5.74, 6) is 0.0473. The van der Waals surface area contributed by atoms with Crippen LogP contribution >= 0.6 is 12.4 Å². The quantitative estimate of drug-likeness (QED) is 0.827. The second kappa shape index (κ2) is 8.68. The van der Waals surface area contributed by atoms with E-state index >= 15 is 0 Å². The predicted octanol–water partition coefficient (Wildman–Crippen LogP) is 1.97. The summed E-state index contributed by atoms with van der Waals surface area (Å²) in [5.41, 5.74) is 8.67. The molecule has 0 bridgehead atoms. The lowest BCUT2D eigenvalue weighted by molar-refractivity contribution is -0.138. The first kappa shape index (κ1) is 19.7. The molecule has 2 aliphatic heterocycles. The third-order valence-corrected chi connectivity index (χ3v) is 5.24. The molecule has 2 amide bonds. The number of halogens is 1. The van der Waals surface area contributed by atoms with Crippen molar-refractivity contribution in [3.05, 3.63) is 35.4 Å². The van der Waals surface area contributed by atoms with Gasteiger partial charge in [0.2, 0.25) is 11.8 Å². The molecule has 25 heavy (non-hydrogen) atoms. The minimum Gasteiger partial charge on any atom is -0.341 e. The van der Waals surface area contributed by atoms with E-state index in [1.807, 2.05) is 11.0 Å². The van der Waals surface area contributed by atoms with Crippen molar-refractivity contribution in [3.8, 4) is 0 Å². The summed E-state index contributed by atoms with van der Waals surface area (Å²) in [5, 5.41) is 0. The van der Waals surface area contributed by atoms with E-state index in [1.165, 1.54) is 11.1 Å². The monoisotopic (exact) mass is 365 g/mol. The van der Waals surface area contributed by atoms with Gasteiger partial charge in [-0.05, 0) is 36.8 Å². The van der Waals surface area contributed by atoms with E-state index in [0.717, 1.165) is 32.2 Å². The number of amides is 2. The SMILES string of the molecule is CC(=O)N1C[C@@H](N)CC[C@@H](C(=O)N2CCCc3ccccc3C2)C1.Cl. The number of hydrogen-bond acceptors (Lipinski definition) is 3. The normalized spacial score (nSPS) is 23.8. The minimum atomic E-state index is -0.132. The molecule has 1 aromatic carbocycles. The molecule has 5 nitrogen and oxygen atoms in total. The summed E-state index contributed by atoms with van der Waals surface area (Å²) in [4.78, 5) is 28.6. The molecule has 1 fully saturated rings. The minimum absolute atomic E-state index is 0. The number of benzene rings is 1. The number of hydrogen-bond donors (Lipinski definition) is 1. The Morgan fingerprint density at radius 2 is 1.80 bits per heavy atom. The zero-order valence-corrected chi connectivity index (χ0v) is 15.6. The maximum absolute atomic E-state index is 13.1. The van der Waals surface area contributed by atoms with Gasteiger partial charge in [0, 0.05) is 39.1 Å². The number of likely N-dealkylation sites (tertiary alicyclic amines) is 1. The average Bonchev–Trinajstić information content (AvgIpc) is 2.90. The molecular weight excluding hydrogens is 338 g/mol. The largest absolute Gasteiger partial charge is 0.341 e. The van der Waals surface area contributed by atoms with Crippen LogP contribution in [0.4, 0.5) is 0 Å². The fraction of sp³-hybridized carbons (Fsp3) is 0.579. The van der Waals surface area contributed by atoms with Gasteiger partial charge in [-0.2, -0.15) is 0 Å². The van der Waals surface area contributed by atoms with Crippen molar-refractivity contribution in [2.75, 3.05) is 19.6 Å². The average molecular weight is 366 g/mol. The first-order valence-electron chi connectivity index (χ1n) is 8.91. The Morgan fingerprint density at radius 1 is 1.08 bits per heavy atom. The van der Waals surface area contributed by atoms with E-state index in [4.69, 9.17) is 5.73 Å². The van der Waals surface area contributed by atoms with Crippen LogP contribution in [0.3, 0.4) is 0 Å². The van der Waals surface area contributed by atoms with Crippen LogP contribution < -0.4 is 5.73 Å². The summed E-state index contributed by atoms with van der Waals surface area (Å²) >= 11 is 0. The molecule has 2 heterocycles. The first-order chi connectivity index (χ1) is 11.5. The van der Waals surface area contributed by atoms with Gasteiger partial charge in [0.05, 0.1) is 5.92 Å². The maximum Gasteiger partial charge on any atom is 0.227 e. The Kier molecular flexibility index (Phi) is 6.85. The van der Waals surface area contributed by atoms with E-state index in [-0.39, 0.29) is 36.2 Å². The van der Waals surface area contributed by atoms with Crippen LogP contribution in [0.2, 0.25) is 0 Å². The van der Waals surface area contributed by atoms with Crippen LogP contribution in [0.25, 0.3) is 0 Å². The van der Waals surface area contributed by atoms with Gasteiger partial charge in [-0.15, -0.1) is 12.4 Å². The van der Waals surface area contributed by atoms with Crippen LogP contribution in [-0.2, 0) is 22.6 Å². The number of carbonyl (C=O) groups excluding carboxylic acids is 2. The summed E-state index contributed by atoms with van der Waals surface area (Å²) in [7, 11) is 0. The molecule has 6 heteroatoms. The van der Waals surface area contributed by atoms with E-state index in [1.54, 1.807) is 11.8 Å². The number of carbonyl (C=O) groups is 2. The summed E-state index contributed by atoms with van der Waals surface area (Å²) in [6, 6.07) is 8.34. The number of aryl methyl sites for hydroxylation is 1. The molecule has 1 saturated heterocycles. The van der Waals surface area contributed by atoms with Crippen LogP contribution in [0.15, 0.2) is 24.3 Å². The fourth-order valence-electron chi connectivity index (χ4n) is 3.83. The van der Waals surface area contributed by atoms with Crippen molar-refractivity contribution in [1.82, 2.24) is 9.80 Å². The van der Waals surface area contributed by atoms with Gasteiger partial charge in [-0.1, -0.05) is 24.3 Å². The molecule has 2 N–H and O–H groups in total. The fourth-order valence-corrected chi connectivity index (χ4v) is 3.83. The van der Waals surface area contributed by atoms with Crippen molar-refractivity contribution in [1.29, 1.82) is 0 Å². The Balaban J connectivity index is 0.00000225. The second-order valence-electron chi connectivity index (χ2n) is 7.09. The molecule has 0 unspecified atom stereocenters. The second-order valence-corrected chi connectivity index (χ2v) is 7.09. The van der Waals surface area contributed by atoms with Crippen LogP contribution in [-0.4, -0.2) is 47.3 Å². The highest BCUT2D eigenvalue weighted by molar-refractivity contribution is 5.85. The summed E-state index contributed by atoms with van der Waals surface area (Å²) in [6.45, 7) is 4.08. The number of nitrogens with two attached hydrogens (primary N) is 1. The summed E-state index contributed by atoms with van der Waals surface area (Å²) in [6.07, 6.45) is 3.58. The number of nitrogens with zero attached hydrogens (tertiary/aromatic N) is 2. The third kappa shape index (κ3) is 4.73. The Hall–Kier alpha value is -1.59. The molecule has 3 rings (SSSR count). The third-order valence-electron chi connectivity index (χ3n) is 5.24. The number of rotatable bonds is 1. The van der Waals surface area contributed by atoms with E-state index in [2.05, 4.69) is 18.2 Å². The zero-order chi connectivity index (χ0) is 17.1. The molecule has 0 saturated carbocycles. The van der Waals surface area contributed by atoms with E-state index in [9.17, 15) is 9.59 Å². The van der Waals surface area contributed by atoms with Crippen molar-refractivity contribution >= 4 is 24.2 Å². The van der Waals surface area contributed by atoms with Crippen LogP contribution in [0, 0.1) is 5.92 Å².